The van der Waals surface area contributed by atoms with Crippen LogP contribution < -0.4 is 27.0 Å². The number of urea groups is 1. The van der Waals surface area contributed by atoms with Gasteiger partial charge in [0.1, 0.15) is 36.7 Å². The maximum atomic E-state index is 14.0. The number of primary amides is 1. The molecule has 7 N–H and O–H groups in total. The van der Waals surface area contributed by atoms with Crippen LogP contribution in [0.25, 0.3) is 28.3 Å². The predicted octanol–water partition coefficient (Wildman–Crippen LogP) is 5.51. The molecule has 0 radical (unpaired) electrons. The summed E-state index contributed by atoms with van der Waals surface area (Å²) >= 11 is 0. The van der Waals surface area contributed by atoms with Gasteiger partial charge in [0.25, 0.3) is 11.8 Å². The number of hydrogen-bond acceptors (Lipinski definition) is 12. The number of pyridine rings is 2. The Morgan fingerprint density at radius 1 is 0.853 bits per heavy atom. The van der Waals surface area contributed by atoms with E-state index in [1.54, 1.807) is 54.8 Å². The number of hydrogen-bond donors (Lipinski definition) is 6. The number of halogens is 1. The molecule has 2 aromatic carbocycles. The quantitative estimate of drug-likeness (QED) is 0.0306. The molecule has 22 heteroatoms. The highest BCUT2D eigenvalue weighted by molar-refractivity contribution is 6.12. The molecule has 1 aliphatic heterocycles. The number of aromatic amines is 1. The van der Waals surface area contributed by atoms with E-state index in [-0.39, 0.29) is 81.5 Å². The van der Waals surface area contributed by atoms with E-state index in [1.165, 1.54) is 35.5 Å². The van der Waals surface area contributed by atoms with Gasteiger partial charge in [0.15, 0.2) is 5.65 Å². The summed E-state index contributed by atoms with van der Waals surface area (Å²) in [7, 11) is 0. The first kappa shape index (κ1) is 54.0. The molecule has 1 unspecified atom stereocenters. The summed E-state index contributed by atoms with van der Waals surface area (Å²) in [5.74, 6) is -2.50. The fraction of sp³-hybridized carbons (Fsp3) is 0.340. The topological polar surface area (TPSA) is 281 Å². The standard InChI is InChI=1S/C53H60FN13O8/c1-33(2)47(64-44(68)12-5-4-6-27-66-45(69)23-24-46(66)70)51(72)61-41(11-8-26-56-52(55)73)50(71)60-39-20-15-36(16-21-39)31-75-53(74)65(28-25-35-13-18-38(54)19-14-35)30-42-62-48(37-17-22-43-57-32-58-67(43)29-37)49(63-42)40-10-7-9-34(3)59-40/h7,9-10,13-24,29,32-33,41,47H,4-6,8,11-12,25-28,30-31H2,1-3H3,(H,60,71)(H,61,72)(H,62,63)(H,64,68)(H3,55,56,73)/t41-,47?/m0/s1. The average molecular weight is 1030 g/mol. The first-order valence-electron chi connectivity index (χ1n) is 24.7. The van der Waals surface area contributed by atoms with E-state index >= 15 is 0 Å². The number of H-pyrrole nitrogens is 1. The van der Waals surface area contributed by atoms with Crippen molar-refractivity contribution < 1.29 is 42.7 Å². The monoisotopic (exact) mass is 1030 g/mol. The van der Waals surface area contributed by atoms with Crippen LogP contribution in [0, 0.1) is 18.7 Å². The fourth-order valence-electron chi connectivity index (χ4n) is 8.22. The molecule has 0 bridgehead atoms. The van der Waals surface area contributed by atoms with Gasteiger partial charge in [-0.3, -0.25) is 33.9 Å². The molecule has 5 heterocycles. The number of aryl methyl sites for hydroxylation is 1. The van der Waals surface area contributed by atoms with Gasteiger partial charge in [-0.05, 0) is 105 Å². The van der Waals surface area contributed by atoms with Crippen LogP contribution in [0.3, 0.4) is 0 Å². The maximum Gasteiger partial charge on any atom is 0.410 e. The summed E-state index contributed by atoms with van der Waals surface area (Å²) in [4.78, 5) is 109. The number of nitrogens with zero attached hydrogens (tertiary/aromatic N) is 7. The zero-order valence-corrected chi connectivity index (χ0v) is 41.9. The molecule has 0 spiro atoms. The van der Waals surface area contributed by atoms with Crippen molar-refractivity contribution in [2.45, 2.75) is 91.0 Å². The highest BCUT2D eigenvalue weighted by atomic mass is 19.1. The number of ether oxygens (including phenoxy) is 1. The Kier molecular flexibility index (Phi) is 18.5. The average Bonchev–Trinajstić information content (AvgIpc) is 4.13. The van der Waals surface area contributed by atoms with Crippen molar-refractivity contribution in [1.82, 2.24) is 55.3 Å². The molecule has 0 fully saturated rings. The van der Waals surface area contributed by atoms with E-state index in [2.05, 4.69) is 36.3 Å². The lowest BCUT2D eigenvalue weighted by molar-refractivity contribution is -0.137. The number of carbonyl (C=O) groups excluding carboxylic acids is 7. The Morgan fingerprint density at radius 2 is 1.60 bits per heavy atom. The SMILES string of the molecule is Cc1cccc(-c2[nH]c(CN(CCc3ccc(F)cc3)C(=O)OCc3ccc(NC(=O)[C@H](CCCNC(N)=O)NC(=O)C(NC(=O)CCCCCN4C(=O)C=CC4=O)C(C)C)cc3)nc2-c2ccc3ncnn3c2)n1. The first-order chi connectivity index (χ1) is 36.1. The molecule has 6 aromatic rings. The molecule has 8 amide bonds. The van der Waals surface area contributed by atoms with E-state index in [0.29, 0.717) is 65.5 Å². The Morgan fingerprint density at radius 3 is 2.32 bits per heavy atom. The largest absolute Gasteiger partial charge is 0.445 e. The van der Waals surface area contributed by atoms with Crippen LogP contribution in [0.1, 0.15) is 75.0 Å². The van der Waals surface area contributed by atoms with Gasteiger partial charge in [0.2, 0.25) is 17.7 Å². The van der Waals surface area contributed by atoms with Crippen LogP contribution in [0.4, 0.5) is 19.7 Å². The van der Waals surface area contributed by atoms with Crippen molar-refractivity contribution >= 4 is 53.0 Å². The number of amides is 8. The molecule has 0 saturated carbocycles. The van der Waals surface area contributed by atoms with Gasteiger partial charge in [0.05, 0.1) is 23.6 Å². The number of imide groups is 1. The van der Waals surface area contributed by atoms with Gasteiger partial charge in [-0.25, -0.2) is 28.5 Å². The minimum atomic E-state index is -1.08. The third kappa shape index (κ3) is 15.4. The molecule has 21 nitrogen and oxygen atoms in total. The number of unbranched alkanes of at least 4 members (excludes halogenated alkanes) is 2. The second kappa shape index (κ2) is 25.7. The zero-order chi connectivity index (χ0) is 53.4. The lowest BCUT2D eigenvalue weighted by Crippen LogP contribution is -2.54. The number of anilines is 1. The number of aromatic nitrogens is 6. The number of fused-ring (bicyclic) bond motifs is 1. The Bertz CT molecular complexity index is 3010. The Labute approximate surface area is 431 Å². The molecular formula is C53H60FN13O8. The van der Waals surface area contributed by atoms with Gasteiger partial charge in [-0.2, -0.15) is 5.10 Å². The first-order valence-corrected chi connectivity index (χ1v) is 24.7. The summed E-state index contributed by atoms with van der Waals surface area (Å²) in [6.45, 7) is 5.88. The minimum Gasteiger partial charge on any atom is -0.445 e. The fourth-order valence-corrected chi connectivity index (χ4v) is 8.22. The summed E-state index contributed by atoms with van der Waals surface area (Å²) in [5, 5.41) is 15.1. The number of nitrogens with one attached hydrogen (secondary N) is 5. The van der Waals surface area contributed by atoms with Crippen molar-refractivity contribution in [2.24, 2.45) is 11.7 Å². The van der Waals surface area contributed by atoms with Crippen LogP contribution in [0.15, 0.2) is 104 Å². The van der Waals surface area contributed by atoms with Crippen LogP contribution in [0.2, 0.25) is 0 Å². The molecule has 0 saturated heterocycles. The van der Waals surface area contributed by atoms with E-state index < -0.39 is 36.0 Å². The minimum absolute atomic E-state index is 0.0169. The Hall–Kier alpha value is -8.82. The summed E-state index contributed by atoms with van der Waals surface area (Å²) in [6, 6.07) is 19.2. The highest BCUT2D eigenvalue weighted by Crippen LogP contribution is 2.30. The normalized spacial score (nSPS) is 12.9. The second-order valence-corrected chi connectivity index (χ2v) is 18.3. The van der Waals surface area contributed by atoms with Crippen molar-refractivity contribution in [1.29, 1.82) is 0 Å². The maximum absolute atomic E-state index is 14.0. The number of benzene rings is 2. The third-order valence-electron chi connectivity index (χ3n) is 12.3. The molecule has 2 atom stereocenters. The number of imidazole rings is 1. The lowest BCUT2D eigenvalue weighted by atomic mass is 10.0. The molecule has 392 valence electrons. The number of rotatable bonds is 25. The van der Waals surface area contributed by atoms with Crippen LogP contribution in [-0.2, 0) is 48.3 Å². The highest BCUT2D eigenvalue weighted by Gasteiger charge is 2.29. The van der Waals surface area contributed by atoms with Crippen LogP contribution in [-0.4, -0.2) is 113 Å². The predicted molar refractivity (Wildman–Crippen MR) is 274 cm³/mol. The van der Waals surface area contributed by atoms with Crippen molar-refractivity contribution in [2.75, 3.05) is 25.0 Å². The van der Waals surface area contributed by atoms with E-state index in [9.17, 15) is 38.0 Å². The van der Waals surface area contributed by atoms with Crippen molar-refractivity contribution in [3.05, 3.63) is 132 Å². The van der Waals surface area contributed by atoms with Gasteiger partial charge in [-0.15, -0.1) is 0 Å². The number of nitrogens with two attached hydrogens (primary N) is 1. The van der Waals surface area contributed by atoms with Gasteiger partial charge >= 0.3 is 12.1 Å². The Balaban J connectivity index is 0.984. The molecule has 1 aliphatic rings. The molecule has 4 aromatic heterocycles. The number of carbonyl (C=O) groups is 7. The zero-order valence-electron chi connectivity index (χ0n) is 41.9. The molecular weight excluding hydrogens is 966 g/mol. The summed E-state index contributed by atoms with van der Waals surface area (Å²) in [5.41, 5.74) is 11.1. The van der Waals surface area contributed by atoms with Crippen molar-refractivity contribution in [3.8, 4) is 22.6 Å². The van der Waals surface area contributed by atoms with Crippen molar-refractivity contribution in [3.63, 3.8) is 0 Å². The van der Waals surface area contributed by atoms with E-state index in [4.69, 9.17) is 20.4 Å². The van der Waals surface area contributed by atoms with E-state index in [1.807, 2.05) is 43.5 Å². The van der Waals surface area contributed by atoms with Gasteiger partial charge in [-0.1, -0.05) is 50.6 Å². The van der Waals surface area contributed by atoms with E-state index in [0.717, 1.165) is 21.7 Å². The second-order valence-electron chi connectivity index (χ2n) is 18.3. The smallest absolute Gasteiger partial charge is 0.410 e. The summed E-state index contributed by atoms with van der Waals surface area (Å²) < 4.78 is 21.3. The lowest BCUT2D eigenvalue weighted by Gasteiger charge is -2.25. The van der Waals surface area contributed by atoms with Crippen LogP contribution >= 0.6 is 0 Å². The molecule has 0 aliphatic carbocycles. The van der Waals surface area contributed by atoms with Crippen LogP contribution in [0.5, 0.6) is 0 Å². The van der Waals surface area contributed by atoms with Gasteiger partial charge in [0, 0.05) is 61.3 Å². The summed E-state index contributed by atoms with van der Waals surface area (Å²) in [6.07, 6.45) is 7.51. The molecule has 7 rings (SSSR count). The third-order valence-corrected chi connectivity index (χ3v) is 12.3. The van der Waals surface area contributed by atoms with Gasteiger partial charge < -0.3 is 41.6 Å². The molecule has 75 heavy (non-hydrogen) atoms.